The molecule has 38 heavy (non-hydrogen) atoms. The van der Waals surface area contributed by atoms with E-state index in [2.05, 4.69) is 35.2 Å². The maximum absolute atomic E-state index is 13.5. The number of methoxy groups -OCH3 is 2. The Hall–Kier alpha value is -4.33. The third-order valence-corrected chi connectivity index (χ3v) is 7.85. The number of sulfonamides is 1. The van der Waals surface area contributed by atoms with Crippen LogP contribution in [0.4, 0.5) is 16.2 Å². The summed E-state index contributed by atoms with van der Waals surface area (Å²) in [6.45, 7) is 3.15. The fourth-order valence-corrected chi connectivity index (χ4v) is 4.97. The second-order valence-electron chi connectivity index (χ2n) is 8.25. The maximum atomic E-state index is 13.5. The van der Waals surface area contributed by atoms with Crippen LogP contribution in [0.15, 0.2) is 48.8 Å². The minimum Gasteiger partial charge on any atom is -0.494 e. The highest BCUT2D eigenvalue weighted by atomic mass is 32.2. The Labute approximate surface area is 219 Å². The van der Waals surface area contributed by atoms with E-state index in [-0.39, 0.29) is 17.6 Å². The average Bonchev–Trinajstić information content (AvgIpc) is 3.34. The van der Waals surface area contributed by atoms with Crippen molar-refractivity contribution >= 4 is 21.8 Å². The van der Waals surface area contributed by atoms with Crippen LogP contribution < -0.4 is 19.5 Å². The van der Waals surface area contributed by atoms with Gasteiger partial charge in [-0.15, -0.1) is 10.2 Å². The Morgan fingerprint density at radius 2 is 1.61 bits per heavy atom. The number of aromatic nitrogens is 6. The lowest BCUT2D eigenvalue weighted by atomic mass is 10.1. The second kappa shape index (κ2) is 11.0. The molecule has 2 N–H and O–H groups in total. The highest BCUT2D eigenvalue weighted by molar-refractivity contribution is 7.93. The van der Waals surface area contributed by atoms with E-state index in [1.165, 1.54) is 25.7 Å². The molecule has 0 fully saturated rings. The van der Waals surface area contributed by atoms with Gasteiger partial charge < -0.3 is 14.8 Å². The van der Waals surface area contributed by atoms with Gasteiger partial charge in [0.25, 0.3) is 0 Å². The smallest absolute Gasteiger partial charge is 0.243 e. The van der Waals surface area contributed by atoms with Gasteiger partial charge in [0.2, 0.25) is 16.0 Å². The number of anilines is 2. The van der Waals surface area contributed by atoms with Crippen LogP contribution in [-0.2, 0) is 10.0 Å². The zero-order valence-electron chi connectivity index (χ0n) is 21.4. The zero-order valence-corrected chi connectivity index (χ0v) is 22.2. The van der Waals surface area contributed by atoms with E-state index in [1.54, 1.807) is 50.4 Å². The highest BCUT2D eigenvalue weighted by Gasteiger charge is 2.32. The normalized spacial score (nSPS) is 13.0. The molecular weight excluding hydrogens is 515 g/mol. The summed E-state index contributed by atoms with van der Waals surface area (Å²) in [5.41, 5.74) is 0.790. The van der Waals surface area contributed by atoms with Crippen LogP contribution in [0.3, 0.4) is 0 Å². The SMILES string of the molecule is CNc1cccc(-c2nnc(NS(=O)(=O)[C@@H](C)[C@H](C)c3ncc(F)cn3)n2-c2c(OC)cccc2OC)n1. The Morgan fingerprint density at radius 3 is 2.21 bits per heavy atom. The van der Waals surface area contributed by atoms with Crippen molar-refractivity contribution in [3.63, 3.8) is 0 Å². The molecule has 0 radical (unpaired) electrons. The summed E-state index contributed by atoms with van der Waals surface area (Å²) in [5, 5.41) is 10.4. The van der Waals surface area contributed by atoms with Crippen molar-refractivity contribution in [2.75, 3.05) is 31.3 Å². The molecule has 2 atom stereocenters. The Kier molecular flexibility index (Phi) is 7.71. The van der Waals surface area contributed by atoms with Crippen molar-refractivity contribution in [3.8, 4) is 28.7 Å². The van der Waals surface area contributed by atoms with Crippen LogP contribution in [-0.4, -0.2) is 64.7 Å². The lowest BCUT2D eigenvalue weighted by Crippen LogP contribution is -2.31. The highest BCUT2D eigenvalue weighted by Crippen LogP contribution is 2.38. The molecule has 4 aromatic rings. The molecule has 0 saturated carbocycles. The summed E-state index contributed by atoms with van der Waals surface area (Å²) in [6.07, 6.45) is 1.99. The molecule has 0 amide bonds. The summed E-state index contributed by atoms with van der Waals surface area (Å²) in [6, 6.07) is 10.4. The molecule has 14 heteroatoms. The number of nitrogens with zero attached hydrogens (tertiary/aromatic N) is 6. The minimum atomic E-state index is -4.08. The first-order valence-electron chi connectivity index (χ1n) is 11.5. The van der Waals surface area contributed by atoms with Gasteiger partial charge in [-0.2, -0.15) is 0 Å². The molecule has 12 nitrogen and oxygen atoms in total. The molecule has 0 aliphatic carbocycles. The van der Waals surface area contributed by atoms with Crippen LogP contribution in [0.2, 0.25) is 0 Å². The van der Waals surface area contributed by atoms with Crippen LogP contribution in [0, 0.1) is 5.82 Å². The molecule has 4 rings (SSSR count). The quantitative estimate of drug-likeness (QED) is 0.306. The number of para-hydroxylation sites is 1. The molecule has 3 aromatic heterocycles. The molecule has 3 heterocycles. The van der Waals surface area contributed by atoms with Gasteiger partial charge in [0.05, 0.1) is 31.9 Å². The molecule has 0 aliphatic rings. The van der Waals surface area contributed by atoms with Gasteiger partial charge in [0, 0.05) is 13.0 Å². The van der Waals surface area contributed by atoms with E-state index in [1.807, 2.05) is 0 Å². The van der Waals surface area contributed by atoms with E-state index in [0.717, 1.165) is 12.4 Å². The van der Waals surface area contributed by atoms with E-state index in [0.29, 0.717) is 28.7 Å². The number of rotatable bonds is 10. The van der Waals surface area contributed by atoms with Gasteiger partial charge in [0.1, 0.15) is 34.5 Å². The first-order chi connectivity index (χ1) is 18.2. The van der Waals surface area contributed by atoms with Crippen molar-refractivity contribution in [1.82, 2.24) is 29.7 Å². The topological polar surface area (TPSA) is 146 Å². The standard InChI is InChI=1S/C24H27FN8O4S/c1-14(22-27-12-16(25)13-28-22)15(2)38(34,35)32-24-31-30-23(17-8-6-11-20(26-3)29-17)33(24)21-18(36-4)9-7-10-19(21)37-5/h6-15H,1-5H3,(H,26,29)(H,31,32)/t14-,15-/m0/s1. The number of nitrogens with one attached hydrogen (secondary N) is 2. The van der Waals surface area contributed by atoms with Crippen LogP contribution in [0.1, 0.15) is 25.6 Å². The average molecular weight is 543 g/mol. The maximum Gasteiger partial charge on any atom is 0.243 e. The predicted molar refractivity (Wildman–Crippen MR) is 140 cm³/mol. The van der Waals surface area contributed by atoms with Gasteiger partial charge in [-0.05, 0) is 31.2 Å². The van der Waals surface area contributed by atoms with E-state index in [4.69, 9.17) is 9.47 Å². The summed E-state index contributed by atoms with van der Waals surface area (Å²) in [5.74, 6) is 0.381. The van der Waals surface area contributed by atoms with E-state index >= 15 is 0 Å². The van der Waals surface area contributed by atoms with Crippen LogP contribution in [0.25, 0.3) is 17.2 Å². The largest absolute Gasteiger partial charge is 0.494 e. The lowest BCUT2D eigenvalue weighted by Gasteiger charge is -2.21. The van der Waals surface area contributed by atoms with Gasteiger partial charge in [-0.1, -0.05) is 19.1 Å². The number of ether oxygens (including phenoxy) is 2. The monoisotopic (exact) mass is 542 g/mol. The molecule has 200 valence electrons. The fourth-order valence-electron chi connectivity index (χ4n) is 3.73. The van der Waals surface area contributed by atoms with Crippen molar-refractivity contribution in [3.05, 3.63) is 60.4 Å². The van der Waals surface area contributed by atoms with Gasteiger partial charge in [0.15, 0.2) is 11.6 Å². The van der Waals surface area contributed by atoms with E-state index in [9.17, 15) is 12.8 Å². The third-order valence-electron chi connectivity index (χ3n) is 6.00. The summed E-state index contributed by atoms with van der Waals surface area (Å²) < 4.78 is 55.5. The molecule has 0 saturated heterocycles. The number of halogens is 1. The predicted octanol–water partition coefficient (Wildman–Crippen LogP) is 3.25. The number of hydrogen-bond acceptors (Lipinski definition) is 10. The molecule has 0 bridgehead atoms. The second-order valence-corrected chi connectivity index (χ2v) is 10.3. The van der Waals surface area contributed by atoms with E-state index < -0.39 is 27.0 Å². The molecule has 0 unspecified atom stereocenters. The summed E-state index contributed by atoms with van der Waals surface area (Å²) in [7, 11) is 0.615. The first kappa shape index (κ1) is 26.7. The first-order valence-corrected chi connectivity index (χ1v) is 13.1. The number of pyridine rings is 1. The molecule has 1 aromatic carbocycles. The Bertz CT molecular complexity index is 1510. The molecular formula is C24H27FN8O4S. The Balaban J connectivity index is 1.84. The minimum absolute atomic E-state index is 0.112. The molecule has 0 spiro atoms. The van der Waals surface area contributed by atoms with Crippen molar-refractivity contribution in [2.24, 2.45) is 0 Å². The summed E-state index contributed by atoms with van der Waals surface area (Å²) in [4.78, 5) is 12.4. The van der Waals surface area contributed by atoms with Crippen molar-refractivity contribution in [1.29, 1.82) is 0 Å². The fraction of sp³-hybridized carbons (Fsp3) is 0.292. The zero-order chi connectivity index (χ0) is 27.4. The third kappa shape index (κ3) is 5.20. The van der Waals surface area contributed by atoms with Crippen LogP contribution >= 0.6 is 0 Å². The number of benzene rings is 1. The number of hydrogen-bond donors (Lipinski definition) is 2. The van der Waals surface area contributed by atoms with Gasteiger partial charge in [-0.25, -0.2) is 27.8 Å². The molecule has 0 aliphatic heterocycles. The van der Waals surface area contributed by atoms with Crippen LogP contribution in [0.5, 0.6) is 11.5 Å². The Morgan fingerprint density at radius 1 is 0.974 bits per heavy atom. The summed E-state index contributed by atoms with van der Waals surface area (Å²) >= 11 is 0. The van der Waals surface area contributed by atoms with Crippen molar-refractivity contribution < 1.29 is 22.3 Å². The lowest BCUT2D eigenvalue weighted by molar-refractivity contribution is 0.391. The van der Waals surface area contributed by atoms with Gasteiger partial charge in [-0.3, -0.25) is 9.29 Å². The van der Waals surface area contributed by atoms with Crippen molar-refractivity contribution in [2.45, 2.75) is 25.0 Å². The van der Waals surface area contributed by atoms with Gasteiger partial charge >= 0.3 is 0 Å².